The molecule has 0 saturated carbocycles. The topological polar surface area (TPSA) is 102 Å². The number of rotatable bonds is 8. The maximum atomic E-state index is 13.1. The normalized spacial score (nSPS) is 16.3. The van der Waals surface area contributed by atoms with Crippen LogP contribution in [-0.2, 0) is 23.8 Å². The van der Waals surface area contributed by atoms with E-state index >= 15 is 0 Å². The molecule has 0 aromatic carbocycles. The number of carbonyl (C=O) groups is 4. The van der Waals surface area contributed by atoms with Gasteiger partial charge in [0.2, 0.25) is 0 Å². The summed E-state index contributed by atoms with van der Waals surface area (Å²) in [7, 11) is 0. The summed E-state index contributed by atoms with van der Waals surface area (Å²) in [6, 6.07) is -0.920. The molecule has 202 valence electrons. The standard InChI is InChI=1S/C26H46N2O7/c1-24(2,3)33-21(30)20(11-10-18-29)28(23(32)35-26(7,8)9)17-14-19-12-15-27(16-13-19)22(31)34-25(4,5)6/h18-20H,10-17H2,1-9H3/t20-/m0/s1. The van der Waals surface area contributed by atoms with E-state index in [4.69, 9.17) is 14.2 Å². The maximum absolute atomic E-state index is 13.1. The minimum atomic E-state index is -0.920. The van der Waals surface area contributed by atoms with Crippen LogP contribution in [0.2, 0.25) is 0 Å². The van der Waals surface area contributed by atoms with Crippen molar-refractivity contribution in [3.63, 3.8) is 0 Å². The summed E-state index contributed by atoms with van der Waals surface area (Å²) in [6.45, 7) is 17.6. The van der Waals surface area contributed by atoms with Crippen molar-refractivity contribution in [2.24, 2.45) is 5.92 Å². The first kappa shape index (κ1) is 30.7. The molecule has 0 aromatic heterocycles. The number of ether oxygens (including phenoxy) is 3. The average Bonchev–Trinajstić information content (AvgIpc) is 2.66. The molecule has 0 N–H and O–H groups in total. The highest BCUT2D eigenvalue weighted by atomic mass is 16.6. The lowest BCUT2D eigenvalue weighted by Crippen LogP contribution is -2.50. The quantitative estimate of drug-likeness (QED) is 0.265. The fourth-order valence-electron chi connectivity index (χ4n) is 3.74. The van der Waals surface area contributed by atoms with Gasteiger partial charge in [-0.3, -0.25) is 4.90 Å². The van der Waals surface area contributed by atoms with Crippen LogP contribution in [0, 0.1) is 5.92 Å². The van der Waals surface area contributed by atoms with Gasteiger partial charge in [-0.15, -0.1) is 0 Å². The number of nitrogens with zero attached hydrogens (tertiary/aromatic N) is 2. The van der Waals surface area contributed by atoms with Crippen LogP contribution in [0.4, 0.5) is 9.59 Å². The lowest BCUT2D eigenvalue weighted by molar-refractivity contribution is -0.161. The molecule has 0 aliphatic carbocycles. The lowest BCUT2D eigenvalue weighted by atomic mass is 9.93. The van der Waals surface area contributed by atoms with Crippen molar-refractivity contribution in [1.29, 1.82) is 0 Å². The lowest BCUT2D eigenvalue weighted by Gasteiger charge is -2.36. The fourth-order valence-corrected chi connectivity index (χ4v) is 3.74. The Hall–Kier alpha value is -2.32. The van der Waals surface area contributed by atoms with E-state index < -0.39 is 34.9 Å². The minimum Gasteiger partial charge on any atom is -0.458 e. The second kappa shape index (κ2) is 12.6. The van der Waals surface area contributed by atoms with Crippen LogP contribution in [0.1, 0.15) is 94.4 Å². The van der Waals surface area contributed by atoms with E-state index in [1.165, 1.54) is 4.90 Å². The highest BCUT2D eigenvalue weighted by Crippen LogP contribution is 2.25. The molecular formula is C26H46N2O7. The van der Waals surface area contributed by atoms with Crippen LogP contribution in [0.15, 0.2) is 0 Å². The predicted molar refractivity (Wildman–Crippen MR) is 133 cm³/mol. The van der Waals surface area contributed by atoms with Gasteiger partial charge in [0.1, 0.15) is 29.1 Å². The molecule has 2 amide bonds. The summed E-state index contributed by atoms with van der Waals surface area (Å²) in [6.07, 6.45) is 2.28. The first-order chi connectivity index (χ1) is 15.9. The molecule has 1 heterocycles. The van der Waals surface area contributed by atoms with Crippen molar-refractivity contribution in [2.45, 2.75) is 117 Å². The van der Waals surface area contributed by atoms with Crippen molar-refractivity contribution in [3.05, 3.63) is 0 Å². The predicted octanol–water partition coefficient (Wildman–Crippen LogP) is 4.95. The Labute approximate surface area is 210 Å². The van der Waals surface area contributed by atoms with Gasteiger partial charge < -0.3 is 23.9 Å². The number of piperidine rings is 1. The second-order valence-corrected chi connectivity index (χ2v) is 12.2. The number of esters is 1. The SMILES string of the molecule is CC(C)(C)OC(=O)[C@H](CCC=O)N(CCC1CCN(C(=O)OC(C)(C)C)CC1)C(=O)OC(C)(C)C. The third-order valence-electron chi connectivity index (χ3n) is 5.29. The first-order valence-electron chi connectivity index (χ1n) is 12.6. The zero-order chi connectivity index (χ0) is 27.0. The Morgan fingerprint density at radius 3 is 1.86 bits per heavy atom. The largest absolute Gasteiger partial charge is 0.458 e. The molecule has 1 fully saturated rings. The van der Waals surface area contributed by atoms with Crippen molar-refractivity contribution in [3.8, 4) is 0 Å². The summed E-state index contributed by atoms with van der Waals surface area (Å²) in [5.41, 5.74) is -2.01. The second-order valence-electron chi connectivity index (χ2n) is 12.2. The van der Waals surface area contributed by atoms with E-state index in [1.54, 1.807) is 46.4 Å². The Morgan fingerprint density at radius 1 is 0.886 bits per heavy atom. The Kier molecular flexibility index (Phi) is 11.0. The van der Waals surface area contributed by atoms with Crippen LogP contribution >= 0.6 is 0 Å². The molecule has 1 aliphatic heterocycles. The molecule has 35 heavy (non-hydrogen) atoms. The van der Waals surface area contributed by atoms with Crippen molar-refractivity contribution < 1.29 is 33.4 Å². The number of aldehydes is 1. The van der Waals surface area contributed by atoms with Gasteiger partial charge in [0.25, 0.3) is 0 Å². The average molecular weight is 499 g/mol. The van der Waals surface area contributed by atoms with Crippen molar-refractivity contribution in [2.75, 3.05) is 19.6 Å². The zero-order valence-corrected chi connectivity index (χ0v) is 23.1. The number of amides is 2. The van der Waals surface area contributed by atoms with E-state index in [-0.39, 0.29) is 31.4 Å². The molecule has 1 aliphatic rings. The van der Waals surface area contributed by atoms with Crippen LogP contribution in [0.25, 0.3) is 0 Å². The molecule has 0 unspecified atom stereocenters. The van der Waals surface area contributed by atoms with E-state index in [1.807, 2.05) is 20.8 Å². The van der Waals surface area contributed by atoms with Gasteiger partial charge in [-0.2, -0.15) is 0 Å². The van der Waals surface area contributed by atoms with Crippen LogP contribution in [0.5, 0.6) is 0 Å². The van der Waals surface area contributed by atoms with Crippen molar-refractivity contribution >= 4 is 24.4 Å². The third kappa shape index (κ3) is 12.3. The first-order valence-corrected chi connectivity index (χ1v) is 12.6. The summed E-state index contributed by atoms with van der Waals surface area (Å²) >= 11 is 0. The molecule has 0 spiro atoms. The molecule has 1 saturated heterocycles. The maximum Gasteiger partial charge on any atom is 0.411 e. The summed E-state index contributed by atoms with van der Waals surface area (Å²) in [5, 5.41) is 0. The van der Waals surface area contributed by atoms with Gasteiger partial charge in [0, 0.05) is 26.1 Å². The van der Waals surface area contributed by atoms with Gasteiger partial charge in [0.05, 0.1) is 0 Å². The molecule has 1 rings (SSSR count). The smallest absolute Gasteiger partial charge is 0.411 e. The highest BCUT2D eigenvalue weighted by Gasteiger charge is 2.36. The number of likely N-dealkylation sites (tertiary alicyclic amines) is 1. The van der Waals surface area contributed by atoms with E-state index in [2.05, 4.69) is 0 Å². The summed E-state index contributed by atoms with van der Waals surface area (Å²) in [4.78, 5) is 52.7. The van der Waals surface area contributed by atoms with Gasteiger partial charge in [-0.05, 0) is 93.9 Å². The van der Waals surface area contributed by atoms with E-state index in [0.717, 1.165) is 19.1 Å². The Morgan fingerprint density at radius 2 is 1.40 bits per heavy atom. The molecule has 0 radical (unpaired) electrons. The molecule has 1 atom stereocenters. The number of hydrogen-bond donors (Lipinski definition) is 0. The van der Waals surface area contributed by atoms with E-state index in [0.29, 0.717) is 19.5 Å². The summed E-state index contributed by atoms with van der Waals surface area (Å²) < 4.78 is 16.6. The zero-order valence-electron chi connectivity index (χ0n) is 23.1. The number of hydrogen-bond acceptors (Lipinski definition) is 7. The van der Waals surface area contributed by atoms with Crippen molar-refractivity contribution in [1.82, 2.24) is 9.80 Å². The van der Waals surface area contributed by atoms with Gasteiger partial charge in [-0.1, -0.05) is 0 Å². The summed E-state index contributed by atoms with van der Waals surface area (Å²) in [5.74, 6) is -0.283. The molecule has 0 bridgehead atoms. The highest BCUT2D eigenvalue weighted by molar-refractivity contribution is 5.82. The van der Waals surface area contributed by atoms with Gasteiger partial charge in [-0.25, -0.2) is 14.4 Å². The fraction of sp³-hybridized carbons (Fsp3) is 0.846. The molecule has 9 nitrogen and oxygen atoms in total. The Balaban J connectivity index is 2.92. The monoisotopic (exact) mass is 498 g/mol. The van der Waals surface area contributed by atoms with Gasteiger partial charge in [0.15, 0.2) is 0 Å². The molecular weight excluding hydrogens is 452 g/mol. The Bertz CT molecular complexity index is 723. The van der Waals surface area contributed by atoms with Crippen LogP contribution in [-0.4, -0.2) is 76.7 Å². The number of carbonyl (C=O) groups excluding carboxylic acids is 4. The third-order valence-corrected chi connectivity index (χ3v) is 5.29. The molecule has 0 aromatic rings. The van der Waals surface area contributed by atoms with Crippen LogP contribution in [0.3, 0.4) is 0 Å². The van der Waals surface area contributed by atoms with Gasteiger partial charge >= 0.3 is 18.2 Å². The van der Waals surface area contributed by atoms with E-state index in [9.17, 15) is 19.2 Å². The minimum absolute atomic E-state index is 0.123. The molecule has 9 heteroatoms. The van der Waals surface area contributed by atoms with Crippen LogP contribution < -0.4 is 0 Å².